The average molecular weight is 538 g/mol. The molecule has 3 rings (SSSR count). The van der Waals surface area contributed by atoms with Crippen LogP contribution in [0, 0.1) is 5.92 Å². The monoisotopic (exact) mass is 537 g/mol. The molecule has 198 valence electrons. The number of thiazole rings is 1. The van der Waals surface area contributed by atoms with E-state index in [0.717, 1.165) is 68.4 Å². The first kappa shape index (κ1) is 27.9. The lowest BCUT2D eigenvalue weighted by molar-refractivity contribution is -0.139. The zero-order chi connectivity index (χ0) is 26.5. The molecule has 0 spiro atoms. The molecule has 1 aromatic heterocycles. The Morgan fingerprint density at radius 3 is 2.42 bits per heavy atom. The quantitative estimate of drug-likeness (QED) is 0.444. The first-order valence-electron chi connectivity index (χ1n) is 12.2. The lowest BCUT2D eigenvalue weighted by Crippen LogP contribution is -2.45. The molecular formula is C25H35N3O6S2. The Morgan fingerprint density at radius 1 is 1.19 bits per heavy atom. The van der Waals surface area contributed by atoms with Crippen molar-refractivity contribution in [3.63, 3.8) is 0 Å². The van der Waals surface area contributed by atoms with Gasteiger partial charge in [-0.05, 0) is 76.5 Å². The van der Waals surface area contributed by atoms with Crippen LogP contribution in [0.15, 0.2) is 34.7 Å². The van der Waals surface area contributed by atoms with Crippen molar-refractivity contribution in [2.75, 3.05) is 18.5 Å². The molecule has 0 bridgehead atoms. The van der Waals surface area contributed by atoms with E-state index in [0.29, 0.717) is 25.5 Å². The van der Waals surface area contributed by atoms with Crippen LogP contribution >= 0.6 is 11.3 Å². The first-order valence-corrected chi connectivity index (χ1v) is 14.5. The highest BCUT2D eigenvalue weighted by atomic mass is 32.2. The molecule has 36 heavy (non-hydrogen) atoms. The molecule has 1 aliphatic rings. The number of ether oxygens (including phenoxy) is 1. The number of sulfone groups is 1. The number of carboxylic acids is 1. The van der Waals surface area contributed by atoms with Crippen LogP contribution in [0.5, 0.6) is 5.75 Å². The summed E-state index contributed by atoms with van der Waals surface area (Å²) >= 11 is 0.763. The third kappa shape index (κ3) is 6.36. The Hall–Kier alpha value is -2.66. The van der Waals surface area contributed by atoms with E-state index < -0.39 is 20.6 Å². The maximum absolute atomic E-state index is 13.3. The van der Waals surface area contributed by atoms with E-state index in [1.165, 1.54) is 0 Å². The summed E-state index contributed by atoms with van der Waals surface area (Å²) in [6.45, 7) is 7.52. The number of aromatic nitrogens is 1. The zero-order valence-corrected chi connectivity index (χ0v) is 22.8. The number of carboxylic acid groups (broad SMARTS) is 1. The summed E-state index contributed by atoms with van der Waals surface area (Å²) < 4.78 is 28.9. The number of rotatable bonds is 10. The molecule has 11 heteroatoms. The molecule has 1 aliphatic carbocycles. The Bertz CT molecular complexity index is 1150. The highest BCUT2D eigenvalue weighted by molar-refractivity contribution is 7.95. The predicted molar refractivity (Wildman–Crippen MR) is 139 cm³/mol. The van der Waals surface area contributed by atoms with Gasteiger partial charge in [0, 0.05) is 12.6 Å². The molecule has 2 aromatic rings. The summed E-state index contributed by atoms with van der Waals surface area (Å²) in [5, 5.41) is 12.2. The topological polar surface area (TPSA) is 126 Å². The Balaban J connectivity index is 1.74. The smallest absolute Gasteiger partial charge is 0.324 e. The number of nitrogens with zero attached hydrogens (tertiary/aromatic N) is 2. The number of amides is 2. The minimum atomic E-state index is -4.17. The van der Waals surface area contributed by atoms with Crippen LogP contribution in [0.1, 0.15) is 58.9 Å². The van der Waals surface area contributed by atoms with Crippen LogP contribution < -0.4 is 10.1 Å². The van der Waals surface area contributed by atoms with Crippen LogP contribution in [0.3, 0.4) is 0 Å². The highest BCUT2D eigenvalue weighted by Crippen LogP contribution is 2.32. The zero-order valence-electron chi connectivity index (χ0n) is 21.2. The summed E-state index contributed by atoms with van der Waals surface area (Å²) in [6, 6.07) is 7.57. The normalized spacial score (nSPS) is 18.4. The fourth-order valence-corrected chi connectivity index (χ4v) is 6.91. The Labute approximate surface area is 216 Å². The van der Waals surface area contributed by atoms with Crippen molar-refractivity contribution >= 4 is 38.3 Å². The average Bonchev–Trinajstić information content (AvgIpc) is 3.30. The van der Waals surface area contributed by atoms with E-state index in [-0.39, 0.29) is 21.4 Å². The van der Waals surface area contributed by atoms with E-state index in [2.05, 4.69) is 17.2 Å². The van der Waals surface area contributed by atoms with Crippen LogP contribution in [0.25, 0.3) is 0 Å². The molecule has 2 amide bonds. The largest absolute Gasteiger partial charge is 0.494 e. The van der Waals surface area contributed by atoms with Gasteiger partial charge in [-0.2, -0.15) is 0 Å². The van der Waals surface area contributed by atoms with E-state index >= 15 is 0 Å². The van der Waals surface area contributed by atoms with E-state index in [4.69, 9.17) is 4.74 Å². The van der Waals surface area contributed by atoms with Crippen LogP contribution in [0.4, 0.5) is 9.93 Å². The molecule has 0 atom stereocenters. The summed E-state index contributed by atoms with van der Waals surface area (Å²) in [6.07, 6.45) is 5.66. The van der Waals surface area contributed by atoms with Crippen molar-refractivity contribution in [2.45, 2.75) is 74.8 Å². The second kappa shape index (κ2) is 11.6. The number of benzene rings is 1. The number of urea groups is 1. The van der Waals surface area contributed by atoms with Crippen molar-refractivity contribution < 1.29 is 27.9 Å². The highest BCUT2D eigenvalue weighted by Gasteiger charge is 2.44. The van der Waals surface area contributed by atoms with Gasteiger partial charge in [-0.15, -0.1) is 0 Å². The van der Waals surface area contributed by atoms with Crippen molar-refractivity contribution in [2.24, 2.45) is 5.92 Å². The van der Waals surface area contributed by atoms with Gasteiger partial charge in [-0.25, -0.2) is 18.2 Å². The number of carbonyl (C=O) groups is 2. The maximum atomic E-state index is 13.3. The van der Waals surface area contributed by atoms with Gasteiger partial charge in [-0.3, -0.25) is 10.1 Å². The lowest BCUT2D eigenvalue weighted by Gasteiger charge is -2.36. The summed E-state index contributed by atoms with van der Waals surface area (Å²) in [5.74, 6) is -0.0206. The van der Waals surface area contributed by atoms with Gasteiger partial charge in [0.05, 0.1) is 12.8 Å². The minimum Gasteiger partial charge on any atom is -0.494 e. The van der Waals surface area contributed by atoms with Gasteiger partial charge >= 0.3 is 12.0 Å². The SMILES string of the molecule is CCOc1ccc(CCN(C(=O)Nc2ncc(S(=O)(=O)C(C)(C)C(=O)O)s2)[C@H]2CC[C@H](C)CC2)cc1. The third-order valence-corrected chi connectivity index (χ3v) is 10.5. The number of nitrogens with one attached hydrogen (secondary N) is 1. The van der Waals surface area contributed by atoms with Crippen LogP contribution in [-0.4, -0.2) is 59.3 Å². The maximum Gasteiger partial charge on any atom is 0.324 e. The number of hydrogen-bond donors (Lipinski definition) is 2. The molecule has 1 saturated carbocycles. The molecule has 0 aliphatic heterocycles. The Kier molecular flexibility index (Phi) is 8.99. The van der Waals surface area contributed by atoms with Crippen molar-refractivity contribution in [1.29, 1.82) is 0 Å². The number of anilines is 1. The summed E-state index contributed by atoms with van der Waals surface area (Å²) in [4.78, 5) is 30.7. The fraction of sp³-hybridized carbons (Fsp3) is 0.560. The van der Waals surface area contributed by atoms with Gasteiger partial charge < -0.3 is 14.7 Å². The third-order valence-electron chi connectivity index (χ3n) is 6.71. The summed E-state index contributed by atoms with van der Waals surface area (Å²) in [5.41, 5.74) is 1.08. The van der Waals surface area contributed by atoms with E-state index in [1.807, 2.05) is 36.1 Å². The molecule has 0 saturated heterocycles. The summed E-state index contributed by atoms with van der Waals surface area (Å²) in [7, 11) is -4.17. The van der Waals surface area contributed by atoms with Crippen LogP contribution in [0.2, 0.25) is 0 Å². The standard InChI is InChI=1S/C25H35N3O6S2/c1-5-34-20-12-8-18(9-13-20)14-15-28(19-10-6-17(2)7-11-19)24(31)27-23-26-16-21(35-23)36(32,33)25(3,4)22(29)30/h8-9,12-13,16-17,19H,5-7,10-11,14-15H2,1-4H3,(H,29,30)(H,26,27,31)/t17-,19-. The molecule has 1 heterocycles. The molecule has 9 nitrogen and oxygen atoms in total. The molecule has 2 N–H and O–H groups in total. The molecule has 1 aromatic carbocycles. The van der Waals surface area contributed by atoms with Gasteiger partial charge in [-0.1, -0.05) is 30.4 Å². The molecular weight excluding hydrogens is 502 g/mol. The Morgan fingerprint density at radius 2 is 1.83 bits per heavy atom. The fourth-order valence-electron chi connectivity index (χ4n) is 4.14. The van der Waals surface area contributed by atoms with Crippen molar-refractivity contribution in [3.8, 4) is 5.75 Å². The lowest BCUT2D eigenvalue weighted by atomic mass is 9.86. The van der Waals surface area contributed by atoms with Crippen molar-refractivity contribution in [1.82, 2.24) is 9.88 Å². The number of hydrogen-bond acceptors (Lipinski definition) is 7. The molecule has 0 unspecified atom stereocenters. The predicted octanol–water partition coefficient (Wildman–Crippen LogP) is 4.83. The molecule has 1 fully saturated rings. The second-order valence-corrected chi connectivity index (χ2v) is 13.4. The van der Waals surface area contributed by atoms with Crippen LogP contribution in [-0.2, 0) is 21.1 Å². The van der Waals surface area contributed by atoms with Gasteiger partial charge in [0.1, 0.15) is 9.96 Å². The van der Waals surface area contributed by atoms with E-state index in [1.54, 1.807) is 0 Å². The molecule has 0 radical (unpaired) electrons. The minimum absolute atomic E-state index is 0.0815. The first-order chi connectivity index (χ1) is 17.0. The van der Waals surface area contributed by atoms with Crippen molar-refractivity contribution in [3.05, 3.63) is 36.0 Å². The van der Waals surface area contributed by atoms with Gasteiger partial charge in [0.15, 0.2) is 9.88 Å². The van der Waals surface area contributed by atoms with Gasteiger partial charge in [0.25, 0.3) is 0 Å². The van der Waals surface area contributed by atoms with E-state index in [9.17, 15) is 23.1 Å². The number of carbonyl (C=O) groups excluding carboxylic acids is 1. The van der Waals surface area contributed by atoms with Gasteiger partial charge in [0.2, 0.25) is 9.84 Å². The second-order valence-electron chi connectivity index (χ2n) is 9.67. The number of aliphatic carboxylic acids is 1.